The van der Waals surface area contributed by atoms with Crippen LogP contribution in [0.15, 0.2) is 41.7 Å². The Morgan fingerprint density at radius 3 is 2.76 bits per heavy atom. The van der Waals surface area contributed by atoms with Crippen LogP contribution in [-0.4, -0.2) is 38.7 Å². The second kappa shape index (κ2) is 8.30. The van der Waals surface area contributed by atoms with Crippen molar-refractivity contribution in [1.82, 2.24) is 19.9 Å². The van der Waals surface area contributed by atoms with Crippen molar-refractivity contribution in [1.29, 1.82) is 0 Å². The largest absolute Gasteiger partial charge is 0.294 e. The first-order valence-corrected chi connectivity index (χ1v) is 11.3. The lowest BCUT2D eigenvalue weighted by Crippen LogP contribution is -2.31. The molecule has 0 spiro atoms. The maximum Gasteiger partial charge on any atom is 0.173 e. The number of halogens is 1. The van der Waals surface area contributed by atoms with E-state index in [4.69, 9.17) is 16.6 Å². The molecule has 0 N–H and O–H groups in total. The minimum absolute atomic E-state index is 0.791. The number of hydrogen-bond acceptors (Lipinski definition) is 6. The molecule has 5 nitrogen and oxygen atoms in total. The van der Waals surface area contributed by atoms with E-state index in [1.165, 1.54) is 29.7 Å². The second-order valence-electron chi connectivity index (χ2n) is 7.57. The summed E-state index contributed by atoms with van der Waals surface area (Å²) < 4.78 is 0.791. The molecule has 3 aromatic rings. The maximum absolute atomic E-state index is 6.03. The Kier molecular flexibility index (Phi) is 5.40. The molecule has 2 aliphatic heterocycles. The summed E-state index contributed by atoms with van der Waals surface area (Å²) in [5, 5.41) is 0. The number of hydrogen-bond donors (Lipinski definition) is 0. The first-order chi connectivity index (χ1) is 14.2. The number of fused-ring (bicyclic) bond motifs is 1. The van der Waals surface area contributed by atoms with Gasteiger partial charge in [-0.1, -0.05) is 17.7 Å². The van der Waals surface area contributed by atoms with Gasteiger partial charge in [0.25, 0.3) is 0 Å². The molecule has 0 atom stereocenters. The van der Waals surface area contributed by atoms with E-state index in [-0.39, 0.29) is 0 Å². The van der Waals surface area contributed by atoms with E-state index in [0.717, 1.165) is 65.5 Å². The van der Waals surface area contributed by atoms with Gasteiger partial charge in [-0.25, -0.2) is 9.97 Å². The minimum Gasteiger partial charge on any atom is -0.294 e. The molecule has 3 aromatic heterocycles. The van der Waals surface area contributed by atoms with Crippen molar-refractivity contribution in [2.24, 2.45) is 4.99 Å². The summed E-state index contributed by atoms with van der Waals surface area (Å²) in [4.78, 5) is 22.2. The van der Waals surface area contributed by atoms with Crippen molar-refractivity contribution in [3.8, 4) is 10.6 Å². The average molecular weight is 424 g/mol. The van der Waals surface area contributed by atoms with Crippen LogP contribution in [0.25, 0.3) is 10.6 Å². The van der Waals surface area contributed by atoms with Gasteiger partial charge < -0.3 is 0 Å². The summed E-state index contributed by atoms with van der Waals surface area (Å²) >= 11 is 7.59. The number of thiophene rings is 1. The monoisotopic (exact) mass is 423 g/mol. The Hall–Kier alpha value is -2.15. The zero-order valence-electron chi connectivity index (χ0n) is 16.1. The Morgan fingerprint density at radius 1 is 1.03 bits per heavy atom. The lowest BCUT2D eigenvalue weighted by molar-refractivity contribution is 0.242. The summed E-state index contributed by atoms with van der Waals surface area (Å²) in [6.07, 6.45) is 8.31. The normalized spacial score (nSPS) is 17.1. The van der Waals surface area contributed by atoms with E-state index < -0.39 is 0 Å². The van der Waals surface area contributed by atoms with Crippen LogP contribution in [0.1, 0.15) is 41.9 Å². The molecule has 29 heavy (non-hydrogen) atoms. The van der Waals surface area contributed by atoms with Gasteiger partial charge in [-0.05, 0) is 43.0 Å². The second-order valence-corrected chi connectivity index (χ2v) is 9.28. The highest BCUT2D eigenvalue weighted by Crippen LogP contribution is 2.30. The van der Waals surface area contributed by atoms with Crippen molar-refractivity contribution in [2.45, 2.75) is 38.8 Å². The molecular weight excluding hydrogens is 402 g/mol. The third-order valence-corrected chi connectivity index (χ3v) is 6.71. The van der Waals surface area contributed by atoms with E-state index in [1.54, 1.807) is 11.3 Å². The van der Waals surface area contributed by atoms with Crippen LogP contribution >= 0.6 is 22.9 Å². The van der Waals surface area contributed by atoms with Gasteiger partial charge in [-0.2, -0.15) is 0 Å². The minimum atomic E-state index is 0.791. The standard InChI is InChI=1S/C22H22ClN5S/c23-21-7-6-20(29-21)18-5-4-15(11-25-18)13-28-10-8-17-16(14-28)12-26-22(27-17)19-3-1-2-9-24-19/h4-7,11-12H,1-3,8-10,13-14H2. The molecule has 0 unspecified atom stereocenters. The Morgan fingerprint density at radius 2 is 2.00 bits per heavy atom. The summed E-state index contributed by atoms with van der Waals surface area (Å²) in [5.74, 6) is 0.838. The van der Waals surface area contributed by atoms with Crippen LogP contribution in [0, 0.1) is 0 Å². The average Bonchev–Trinajstić information content (AvgIpc) is 3.21. The van der Waals surface area contributed by atoms with Gasteiger partial charge >= 0.3 is 0 Å². The number of aromatic nitrogens is 3. The van der Waals surface area contributed by atoms with Crippen molar-refractivity contribution in [3.63, 3.8) is 0 Å². The zero-order chi connectivity index (χ0) is 19.6. The van der Waals surface area contributed by atoms with Gasteiger partial charge in [0.1, 0.15) is 0 Å². The van der Waals surface area contributed by atoms with Crippen molar-refractivity contribution in [3.05, 3.63) is 63.6 Å². The van der Waals surface area contributed by atoms with E-state index in [9.17, 15) is 0 Å². The Balaban J connectivity index is 1.26. The lowest BCUT2D eigenvalue weighted by Gasteiger charge is -2.28. The fourth-order valence-corrected chi connectivity index (χ4v) is 4.92. The molecular formula is C22H22ClN5S. The van der Waals surface area contributed by atoms with Crippen molar-refractivity contribution >= 4 is 28.6 Å². The molecule has 0 fully saturated rings. The fourth-order valence-electron chi connectivity index (χ4n) is 3.90. The molecule has 0 radical (unpaired) electrons. The predicted molar refractivity (Wildman–Crippen MR) is 118 cm³/mol. The SMILES string of the molecule is Clc1ccc(-c2ccc(CN3CCc4nc(C5=NCCCC5)ncc4C3)cn2)s1. The number of nitrogens with zero attached hydrogens (tertiary/aromatic N) is 5. The number of rotatable bonds is 4. The van der Waals surface area contributed by atoms with Crippen LogP contribution < -0.4 is 0 Å². The Labute approximate surface area is 179 Å². The fraction of sp³-hybridized carbons (Fsp3) is 0.364. The molecule has 7 heteroatoms. The third kappa shape index (κ3) is 4.25. The Bertz CT molecular complexity index is 1040. The van der Waals surface area contributed by atoms with Gasteiger partial charge in [-0.3, -0.25) is 14.9 Å². The summed E-state index contributed by atoms with van der Waals surface area (Å²) in [6.45, 7) is 3.67. The summed E-state index contributed by atoms with van der Waals surface area (Å²) in [5.41, 5.74) is 5.69. The summed E-state index contributed by atoms with van der Waals surface area (Å²) in [6, 6.07) is 8.17. The third-order valence-electron chi connectivity index (χ3n) is 5.45. The van der Waals surface area contributed by atoms with Crippen LogP contribution in [0.5, 0.6) is 0 Å². The molecule has 0 amide bonds. The molecule has 148 valence electrons. The molecule has 0 saturated carbocycles. The van der Waals surface area contributed by atoms with Crippen LogP contribution in [0.3, 0.4) is 0 Å². The molecule has 2 aliphatic rings. The first-order valence-electron chi connectivity index (χ1n) is 10.1. The van der Waals surface area contributed by atoms with Gasteiger partial charge in [0, 0.05) is 50.6 Å². The van der Waals surface area contributed by atoms with Crippen LogP contribution in [0.2, 0.25) is 4.34 Å². The highest BCUT2D eigenvalue weighted by atomic mass is 35.5. The van der Waals surface area contributed by atoms with Crippen molar-refractivity contribution in [2.75, 3.05) is 13.1 Å². The topological polar surface area (TPSA) is 54.3 Å². The van der Waals surface area contributed by atoms with E-state index >= 15 is 0 Å². The maximum atomic E-state index is 6.03. The lowest BCUT2D eigenvalue weighted by atomic mass is 10.0. The van der Waals surface area contributed by atoms with E-state index in [1.807, 2.05) is 24.5 Å². The smallest absolute Gasteiger partial charge is 0.173 e. The van der Waals surface area contributed by atoms with Gasteiger partial charge in [-0.15, -0.1) is 11.3 Å². The molecule has 0 aliphatic carbocycles. The highest BCUT2D eigenvalue weighted by Gasteiger charge is 2.20. The number of aliphatic imine (C=N–C) groups is 1. The highest BCUT2D eigenvalue weighted by molar-refractivity contribution is 7.19. The van der Waals surface area contributed by atoms with Gasteiger partial charge in [0.2, 0.25) is 0 Å². The molecule has 0 aromatic carbocycles. The van der Waals surface area contributed by atoms with E-state index in [2.05, 4.69) is 32.0 Å². The summed E-state index contributed by atoms with van der Waals surface area (Å²) in [7, 11) is 0. The predicted octanol–water partition coefficient (Wildman–Crippen LogP) is 4.78. The van der Waals surface area contributed by atoms with Crippen molar-refractivity contribution < 1.29 is 0 Å². The van der Waals surface area contributed by atoms with E-state index in [0.29, 0.717) is 0 Å². The molecule has 0 bridgehead atoms. The molecule has 5 rings (SSSR count). The van der Waals surface area contributed by atoms with Gasteiger partial charge in [0.15, 0.2) is 5.82 Å². The zero-order valence-corrected chi connectivity index (χ0v) is 17.7. The molecule has 0 saturated heterocycles. The van der Waals surface area contributed by atoms with Crippen LogP contribution in [0.4, 0.5) is 0 Å². The van der Waals surface area contributed by atoms with Gasteiger partial charge in [0.05, 0.1) is 26.3 Å². The number of pyridine rings is 1. The quantitative estimate of drug-likeness (QED) is 0.605. The first kappa shape index (κ1) is 18.9. The van der Waals surface area contributed by atoms with Crippen LogP contribution in [-0.2, 0) is 19.5 Å². The molecule has 5 heterocycles.